The number of unbranched alkanes of at least 4 members (excludes halogenated alkanes) is 3. The largest absolute Gasteiger partial charge is 3.00 e. The average molecular weight is 973 g/mol. The van der Waals surface area contributed by atoms with Crippen LogP contribution in [-0.4, -0.2) is 15.0 Å². The number of rotatable bonds is 12. The molecule has 0 unspecified atom stereocenters. The third-order valence-electron chi connectivity index (χ3n) is 10.9. The van der Waals surface area contributed by atoms with Crippen molar-refractivity contribution >= 4 is 32.3 Å². The topological polar surface area (TPSA) is 38.7 Å². The predicted molar refractivity (Wildman–Crippen MR) is 254 cm³/mol. The molecule has 6 aromatic carbocycles. The van der Waals surface area contributed by atoms with Crippen molar-refractivity contribution in [1.29, 1.82) is 0 Å². The molecule has 0 atom stereocenters. The fraction of sp³-hybridized carbons (Fsp3) is 0.211. The van der Waals surface area contributed by atoms with Gasteiger partial charge in [0.2, 0.25) is 0 Å². The van der Waals surface area contributed by atoms with E-state index in [1.54, 1.807) is 0 Å². The van der Waals surface area contributed by atoms with Crippen LogP contribution < -0.4 is 0 Å². The number of fused-ring (bicyclic) bond motifs is 3. The zero-order valence-corrected chi connectivity index (χ0v) is 38.0. The first-order valence-electron chi connectivity index (χ1n) is 21.7. The molecule has 0 saturated carbocycles. The Morgan fingerprint density at radius 2 is 0.787 bits per heavy atom. The molecular weight excluding hydrogens is 919 g/mol. The molecule has 0 saturated heterocycles. The molecule has 0 amide bonds. The summed E-state index contributed by atoms with van der Waals surface area (Å²) < 4.78 is 0. The van der Waals surface area contributed by atoms with E-state index in [0.717, 1.165) is 53.0 Å². The maximum absolute atomic E-state index is 4.57. The second-order valence-corrected chi connectivity index (χ2v) is 15.3. The van der Waals surface area contributed by atoms with Crippen molar-refractivity contribution in [2.45, 2.75) is 78.6 Å². The number of aryl methyl sites for hydroxylation is 3. The maximum atomic E-state index is 4.57. The molecule has 4 heteroatoms. The summed E-state index contributed by atoms with van der Waals surface area (Å²) in [6, 6.07) is 60.7. The van der Waals surface area contributed by atoms with Crippen LogP contribution in [0.4, 0.5) is 0 Å². The Morgan fingerprint density at radius 3 is 1.18 bits per heavy atom. The van der Waals surface area contributed by atoms with Crippen LogP contribution >= 0.6 is 0 Å². The Labute approximate surface area is 376 Å². The van der Waals surface area contributed by atoms with E-state index in [-0.39, 0.29) is 20.1 Å². The van der Waals surface area contributed by atoms with Crippen molar-refractivity contribution in [1.82, 2.24) is 15.0 Å². The van der Waals surface area contributed by atoms with Crippen LogP contribution in [0, 0.1) is 18.2 Å². The van der Waals surface area contributed by atoms with Crippen LogP contribution in [0.15, 0.2) is 164 Å². The minimum atomic E-state index is 0. The molecule has 0 aliphatic rings. The molecule has 0 fully saturated rings. The molecule has 9 aromatic rings. The van der Waals surface area contributed by atoms with Crippen LogP contribution in [0.1, 0.15) is 76.0 Å². The van der Waals surface area contributed by atoms with Gasteiger partial charge in [-0.3, -0.25) is 0 Å². The van der Waals surface area contributed by atoms with Gasteiger partial charge in [-0.25, -0.2) is 0 Å². The number of nitrogens with zero attached hydrogens (tertiary/aromatic N) is 3. The van der Waals surface area contributed by atoms with Crippen molar-refractivity contribution < 1.29 is 20.1 Å². The summed E-state index contributed by atoms with van der Waals surface area (Å²) in [6.07, 6.45) is 16.4. The Kier molecular flexibility index (Phi) is 17.1. The fourth-order valence-corrected chi connectivity index (χ4v) is 7.47. The fourth-order valence-electron chi connectivity index (χ4n) is 7.47. The van der Waals surface area contributed by atoms with Crippen LogP contribution in [-0.2, 0) is 39.4 Å². The Morgan fingerprint density at radius 1 is 0.393 bits per heavy atom. The molecule has 3 heterocycles. The van der Waals surface area contributed by atoms with Gasteiger partial charge in [-0.2, -0.15) is 0 Å². The van der Waals surface area contributed by atoms with Gasteiger partial charge in [0.15, 0.2) is 0 Å². The van der Waals surface area contributed by atoms with Gasteiger partial charge in [-0.1, -0.05) is 145 Å². The minimum absolute atomic E-state index is 0. The molecule has 3 aromatic heterocycles. The van der Waals surface area contributed by atoms with Crippen molar-refractivity contribution in [3.8, 4) is 33.8 Å². The van der Waals surface area contributed by atoms with Gasteiger partial charge in [-0.15, -0.1) is 106 Å². The zero-order valence-electron chi connectivity index (χ0n) is 35.6. The Balaban J connectivity index is 0.000000152. The van der Waals surface area contributed by atoms with Crippen molar-refractivity contribution in [2.24, 2.45) is 0 Å². The number of benzene rings is 6. The average Bonchev–Trinajstić information content (AvgIpc) is 3.32. The third-order valence-corrected chi connectivity index (χ3v) is 10.9. The monoisotopic (exact) mass is 973 g/mol. The molecule has 0 aliphatic heterocycles. The van der Waals surface area contributed by atoms with Crippen LogP contribution in [0.2, 0.25) is 0 Å². The van der Waals surface area contributed by atoms with E-state index in [4.69, 9.17) is 0 Å². The molecule has 0 bridgehead atoms. The molecule has 9 rings (SSSR count). The van der Waals surface area contributed by atoms with Gasteiger partial charge in [0.05, 0.1) is 0 Å². The summed E-state index contributed by atoms with van der Waals surface area (Å²) in [5.41, 5.74) is 10.4. The number of aromatic nitrogens is 3. The van der Waals surface area contributed by atoms with E-state index in [2.05, 4.69) is 193 Å². The van der Waals surface area contributed by atoms with Crippen LogP contribution in [0.25, 0.3) is 66.1 Å². The van der Waals surface area contributed by atoms with E-state index >= 15 is 0 Å². The second kappa shape index (κ2) is 23.3. The zero-order chi connectivity index (χ0) is 41.4. The standard InChI is InChI=1S/3C19H18N.Ir/c1-2-3-7-15-8-6-10-17(14-15)19-18-11-5-4-9-16(18)12-13-20-19;2*1-2-3-6-15-9-11-17(12-10-15)19-18-8-5-4-7-16(18)13-14-20-19;/h4-6,8-9,11-14H,2-3,7H2,1H3;2*4-5,7-11,13-14H,2-3,6H2,1H3;/q3*-1;+3. The Bertz CT molecular complexity index is 2580. The summed E-state index contributed by atoms with van der Waals surface area (Å²) in [5.74, 6) is 0. The first-order valence-corrected chi connectivity index (χ1v) is 21.7. The van der Waals surface area contributed by atoms with E-state index in [9.17, 15) is 0 Å². The Hall–Kier alpha value is -5.80. The molecule has 61 heavy (non-hydrogen) atoms. The molecule has 0 spiro atoms. The smallest absolute Gasteiger partial charge is 0.304 e. The SMILES string of the molecule is CCCCc1c[c-]c(-c2nccc3ccccc23)cc1.CCCCc1c[c-]c(-c2nccc3ccccc23)cc1.CCCCc1cc[c-]c(-c2nccc3ccccc23)c1.[Ir+3]. The molecule has 3 nitrogen and oxygen atoms in total. The van der Waals surface area contributed by atoms with E-state index < -0.39 is 0 Å². The molecule has 0 N–H and O–H groups in total. The van der Waals surface area contributed by atoms with E-state index in [1.165, 1.54) is 87.5 Å². The van der Waals surface area contributed by atoms with Crippen molar-refractivity contribution in [3.63, 3.8) is 0 Å². The second-order valence-electron chi connectivity index (χ2n) is 15.3. The van der Waals surface area contributed by atoms with Crippen LogP contribution in [0.5, 0.6) is 0 Å². The van der Waals surface area contributed by atoms with Gasteiger partial charge >= 0.3 is 20.1 Å². The molecule has 0 radical (unpaired) electrons. The summed E-state index contributed by atoms with van der Waals surface area (Å²) in [4.78, 5) is 13.6. The number of hydrogen-bond donors (Lipinski definition) is 0. The van der Waals surface area contributed by atoms with Gasteiger partial charge in [0, 0.05) is 18.6 Å². The summed E-state index contributed by atoms with van der Waals surface area (Å²) in [7, 11) is 0. The first kappa shape index (κ1) is 44.7. The molecule has 0 aliphatic carbocycles. The van der Waals surface area contributed by atoms with Gasteiger partial charge in [0.25, 0.3) is 0 Å². The quantitative estimate of drug-likeness (QED) is 0.115. The molecule has 306 valence electrons. The van der Waals surface area contributed by atoms with Crippen molar-refractivity contribution in [3.05, 3.63) is 199 Å². The van der Waals surface area contributed by atoms with E-state index in [0.29, 0.717) is 0 Å². The predicted octanol–water partition coefficient (Wildman–Crippen LogP) is 15.1. The summed E-state index contributed by atoms with van der Waals surface area (Å²) >= 11 is 0. The maximum Gasteiger partial charge on any atom is 3.00 e. The van der Waals surface area contributed by atoms with Gasteiger partial charge < -0.3 is 15.0 Å². The van der Waals surface area contributed by atoms with E-state index in [1.807, 2.05) is 24.7 Å². The van der Waals surface area contributed by atoms with Gasteiger partial charge in [-0.05, 0) is 74.0 Å². The molecular formula is C57H54IrN3. The normalized spacial score (nSPS) is 10.7. The summed E-state index contributed by atoms with van der Waals surface area (Å²) in [6.45, 7) is 6.67. The first-order chi connectivity index (χ1) is 29.6. The number of hydrogen-bond acceptors (Lipinski definition) is 3. The van der Waals surface area contributed by atoms with Crippen LogP contribution in [0.3, 0.4) is 0 Å². The summed E-state index contributed by atoms with van der Waals surface area (Å²) in [5, 5.41) is 7.24. The van der Waals surface area contributed by atoms with Crippen molar-refractivity contribution in [2.75, 3.05) is 0 Å². The number of pyridine rings is 3. The third kappa shape index (κ3) is 11.9. The van der Waals surface area contributed by atoms with Gasteiger partial charge in [0.1, 0.15) is 0 Å². The minimum Gasteiger partial charge on any atom is -0.304 e.